The third kappa shape index (κ3) is 11.4. The molecule has 16 nitrogen and oxygen atoms in total. The molecule has 1 unspecified atom stereocenters. The fourth-order valence-corrected chi connectivity index (χ4v) is 13.5. The molecule has 396 valence electrons. The van der Waals surface area contributed by atoms with Gasteiger partial charge in [0, 0.05) is 81.4 Å². The van der Waals surface area contributed by atoms with Crippen LogP contribution in [0, 0.1) is 40.4 Å². The summed E-state index contributed by atoms with van der Waals surface area (Å²) in [6.07, 6.45) is 2.32. The van der Waals surface area contributed by atoms with Crippen LogP contribution in [-0.4, -0.2) is 148 Å². The van der Waals surface area contributed by atoms with Gasteiger partial charge in [-0.05, 0) is 80.0 Å². The number of amides is 4. The number of pyridine rings is 1. The number of nitrogens with zero attached hydrogens (tertiary/aromatic N) is 8. The number of primary amides is 1. The van der Waals surface area contributed by atoms with Gasteiger partial charge in [0.05, 0.1) is 50.9 Å². The van der Waals surface area contributed by atoms with Crippen molar-refractivity contribution in [3.05, 3.63) is 93.7 Å². The minimum Gasteiger partial charge on any atom is -0.489 e. The normalized spacial score (nSPS) is 23.6. The van der Waals surface area contributed by atoms with Crippen LogP contribution in [-0.2, 0) is 14.4 Å². The van der Waals surface area contributed by atoms with Gasteiger partial charge in [-0.25, -0.2) is 9.97 Å². The first kappa shape index (κ1) is 54.6. The highest BCUT2D eigenvalue weighted by molar-refractivity contribution is 7.13. The van der Waals surface area contributed by atoms with Crippen LogP contribution in [0.5, 0.6) is 5.75 Å². The topological polar surface area (TPSA) is 202 Å². The molecule has 4 aromatic rings. The zero-order chi connectivity index (χ0) is 53.4. The molecule has 5 heterocycles. The summed E-state index contributed by atoms with van der Waals surface area (Å²) in [6, 6.07) is 15.8. The molecule has 4 amide bonds. The molecular formula is C56H73ClN10O6S. The molecule has 4 N–H and O–H groups in total. The zero-order valence-electron chi connectivity index (χ0n) is 44.3. The van der Waals surface area contributed by atoms with E-state index in [0.29, 0.717) is 35.9 Å². The van der Waals surface area contributed by atoms with Gasteiger partial charge in [-0.3, -0.25) is 24.1 Å². The maximum Gasteiger partial charge on any atom is 0.250 e. The molecule has 4 fully saturated rings. The van der Waals surface area contributed by atoms with E-state index in [1.54, 1.807) is 35.6 Å². The van der Waals surface area contributed by atoms with Gasteiger partial charge in [-0.2, -0.15) is 5.26 Å². The zero-order valence-corrected chi connectivity index (χ0v) is 45.9. The number of rotatable bonds is 16. The highest BCUT2D eigenvalue weighted by atomic mass is 35.5. The third-order valence-electron chi connectivity index (χ3n) is 15.9. The van der Waals surface area contributed by atoms with Crippen LogP contribution >= 0.6 is 22.9 Å². The second-order valence-corrected chi connectivity index (χ2v) is 24.4. The van der Waals surface area contributed by atoms with E-state index in [1.165, 1.54) is 11.1 Å². The number of carbonyl (C=O) groups excluding carboxylic acids is 4. The molecule has 0 spiro atoms. The Kier molecular flexibility index (Phi) is 16.2. The van der Waals surface area contributed by atoms with E-state index in [0.717, 1.165) is 73.1 Å². The molecule has 0 bridgehead atoms. The smallest absolute Gasteiger partial charge is 0.250 e. The highest BCUT2D eigenvalue weighted by Crippen LogP contribution is 2.59. The van der Waals surface area contributed by atoms with Crippen LogP contribution in [0.4, 0.5) is 5.82 Å². The molecule has 2 aromatic carbocycles. The Morgan fingerprint density at radius 1 is 0.986 bits per heavy atom. The molecule has 2 aromatic heterocycles. The third-order valence-corrected chi connectivity index (χ3v) is 17.2. The van der Waals surface area contributed by atoms with E-state index in [9.17, 15) is 20.0 Å². The SMILES string of the molecule is Cc1ncsc1-c1ccc([C@H](C)NC(=O)[C@@H]2C[C@@H](O)CN2C(=O)[C@@H](N(C(=O)CN2CCN(CCC3CCN(c4ccc(C(N)=O)cn4)C3)CC2)C2C(C)(C)C(Oc3ccc(C#N)c(Cl)c3)C2(C)C)C(C)(C)C)cc1. The van der Waals surface area contributed by atoms with Crippen molar-refractivity contribution in [3.8, 4) is 22.3 Å². The van der Waals surface area contributed by atoms with Crippen LogP contribution in [0.15, 0.2) is 66.3 Å². The largest absolute Gasteiger partial charge is 0.489 e. The number of nitriles is 1. The monoisotopic (exact) mass is 1050 g/mol. The molecule has 1 aliphatic carbocycles. The predicted molar refractivity (Wildman–Crippen MR) is 288 cm³/mol. The second kappa shape index (κ2) is 21.9. The molecule has 1 saturated carbocycles. The van der Waals surface area contributed by atoms with E-state index < -0.39 is 58.5 Å². The van der Waals surface area contributed by atoms with Crippen molar-refractivity contribution in [1.29, 1.82) is 5.26 Å². The first-order valence-corrected chi connectivity index (χ1v) is 27.2. The van der Waals surface area contributed by atoms with Gasteiger partial charge in [0.15, 0.2) is 0 Å². The molecule has 3 aliphatic heterocycles. The molecule has 8 rings (SSSR count). The molecular weight excluding hydrogens is 976 g/mol. The van der Waals surface area contributed by atoms with Crippen molar-refractivity contribution in [2.45, 2.75) is 118 Å². The molecule has 5 atom stereocenters. The van der Waals surface area contributed by atoms with E-state index in [2.05, 4.69) is 63.7 Å². The molecule has 0 radical (unpaired) electrons. The van der Waals surface area contributed by atoms with Gasteiger partial charge >= 0.3 is 0 Å². The number of halogens is 1. The van der Waals surface area contributed by atoms with E-state index in [4.69, 9.17) is 22.1 Å². The number of anilines is 1. The highest BCUT2D eigenvalue weighted by Gasteiger charge is 2.68. The number of carbonyl (C=O) groups is 4. The number of aliphatic hydroxyl groups excluding tert-OH is 1. The van der Waals surface area contributed by atoms with Crippen LogP contribution in [0.3, 0.4) is 0 Å². The lowest BCUT2D eigenvalue weighted by molar-refractivity contribution is -0.225. The van der Waals surface area contributed by atoms with Gasteiger partial charge in [0.2, 0.25) is 23.6 Å². The number of ether oxygens (including phenoxy) is 1. The predicted octanol–water partition coefficient (Wildman–Crippen LogP) is 6.94. The number of hydrogen-bond acceptors (Lipinski definition) is 13. The van der Waals surface area contributed by atoms with Crippen molar-refractivity contribution in [3.63, 3.8) is 0 Å². The van der Waals surface area contributed by atoms with Gasteiger partial charge < -0.3 is 40.5 Å². The van der Waals surface area contributed by atoms with E-state index >= 15 is 9.59 Å². The number of hydrogen-bond donors (Lipinski definition) is 3. The average molecular weight is 1050 g/mol. The number of aliphatic hydroxyl groups is 1. The van der Waals surface area contributed by atoms with Crippen LogP contribution in [0.2, 0.25) is 5.02 Å². The van der Waals surface area contributed by atoms with Crippen molar-refractivity contribution in [2.24, 2.45) is 27.9 Å². The fraction of sp³-hybridized carbons (Fsp3) is 0.554. The van der Waals surface area contributed by atoms with Gasteiger partial charge in [-0.1, -0.05) is 84.3 Å². The Morgan fingerprint density at radius 3 is 2.27 bits per heavy atom. The summed E-state index contributed by atoms with van der Waals surface area (Å²) < 4.78 is 6.72. The number of thiazole rings is 1. The first-order chi connectivity index (χ1) is 35.0. The standard InChI is InChI=1S/C56H73ClN10O6S/c1-34(37-10-12-38(13-11-37)47-35(2)61-33-74-47)62-50(71)44-26-41(68)31-66(44)51(72)48(54(3,4)5)67(52-55(6,7)53(56(52,8)9)73-42-16-14-39(28-58)43(57)27-42)46(69)32-64-24-22-63(23-25-64)20-18-36-19-21-65(30-36)45-17-15-40(29-60-45)49(59)70/h10-17,27,29,33-34,36,41,44,48,52-53,68H,18-26,30-32H2,1-9H3,(H2,59,70)(H,62,71)/t34-,36?,41+,44-,48+,52?,53?/m0/s1. The maximum absolute atomic E-state index is 15.6. The van der Waals surface area contributed by atoms with Crippen LogP contribution < -0.4 is 20.7 Å². The molecule has 74 heavy (non-hydrogen) atoms. The summed E-state index contributed by atoms with van der Waals surface area (Å²) in [7, 11) is 0. The van der Waals surface area contributed by atoms with Crippen molar-refractivity contribution in [2.75, 3.05) is 63.8 Å². The van der Waals surface area contributed by atoms with E-state index in [1.807, 2.05) is 75.4 Å². The van der Waals surface area contributed by atoms with E-state index in [-0.39, 0.29) is 42.3 Å². The second-order valence-electron chi connectivity index (χ2n) is 23.2. The van der Waals surface area contributed by atoms with Gasteiger partial charge in [-0.15, -0.1) is 11.3 Å². The Labute approximate surface area is 445 Å². The van der Waals surface area contributed by atoms with Crippen LogP contribution in [0.1, 0.15) is 108 Å². The molecule has 3 saturated heterocycles. The summed E-state index contributed by atoms with van der Waals surface area (Å²) in [5, 5.41) is 24.2. The number of β-amino-alcohol motifs (C(OH)–C–C–N with tert-alkyl or cyclic N) is 1. The lowest BCUT2D eigenvalue weighted by Gasteiger charge is -2.67. The summed E-state index contributed by atoms with van der Waals surface area (Å²) >= 11 is 8.05. The summed E-state index contributed by atoms with van der Waals surface area (Å²) in [6.45, 7) is 23.7. The van der Waals surface area contributed by atoms with Crippen molar-refractivity contribution >= 4 is 52.4 Å². The fourth-order valence-electron chi connectivity index (χ4n) is 12.4. The lowest BCUT2D eigenvalue weighted by atomic mass is 9.48. The number of nitrogens with one attached hydrogen (secondary N) is 1. The van der Waals surface area contributed by atoms with Crippen molar-refractivity contribution in [1.82, 2.24) is 34.9 Å². The lowest BCUT2D eigenvalue weighted by Crippen LogP contribution is -2.79. The molecule has 18 heteroatoms. The average Bonchev–Trinajstić information content (AvgIpc) is 4.12. The Balaban J connectivity index is 0.993. The Bertz CT molecular complexity index is 2710. The van der Waals surface area contributed by atoms with Crippen LogP contribution in [0.25, 0.3) is 10.4 Å². The number of aryl methyl sites for hydroxylation is 1. The van der Waals surface area contributed by atoms with Gasteiger partial charge in [0.25, 0.3) is 0 Å². The van der Waals surface area contributed by atoms with Crippen molar-refractivity contribution < 1.29 is 29.0 Å². The first-order valence-electron chi connectivity index (χ1n) is 25.9. The summed E-state index contributed by atoms with van der Waals surface area (Å²) in [5.41, 5.74) is 8.65. The summed E-state index contributed by atoms with van der Waals surface area (Å²) in [5.74, 6) is 0.418. The number of benzene rings is 2. The number of likely N-dealkylation sites (tertiary alicyclic amines) is 1. The van der Waals surface area contributed by atoms with Gasteiger partial charge in [0.1, 0.15) is 35.8 Å². The quantitative estimate of drug-likeness (QED) is 0.105. The Hall–Kier alpha value is -5.64. The minimum absolute atomic E-state index is 0.0484. The number of nitrogens with two attached hydrogens (primary N) is 1. The number of aromatic nitrogens is 2. The minimum atomic E-state index is -1.02. The Morgan fingerprint density at radius 2 is 1.68 bits per heavy atom. The maximum atomic E-state index is 15.6. The number of piperazine rings is 1. The molecule has 4 aliphatic rings. The summed E-state index contributed by atoms with van der Waals surface area (Å²) in [4.78, 5) is 77.3.